The van der Waals surface area contributed by atoms with E-state index in [1.165, 1.54) is 36.6 Å². The molecule has 2 aliphatic heterocycles. The molecule has 0 radical (unpaired) electrons. The zero-order chi connectivity index (χ0) is 35.8. The number of ether oxygens (including phenoxy) is 1. The highest BCUT2D eigenvalue weighted by atomic mass is 32.1. The maximum Gasteiger partial charge on any atom is 0.257 e. The molecule has 0 unspecified atom stereocenters. The Morgan fingerprint density at radius 2 is 1.87 bits per heavy atom. The molecule has 14 heteroatoms. The fourth-order valence-corrected chi connectivity index (χ4v) is 9.03. The van der Waals surface area contributed by atoms with E-state index in [4.69, 9.17) is 14.1 Å². The quantitative estimate of drug-likeness (QED) is 0.156. The molecule has 3 aliphatic rings. The summed E-state index contributed by atoms with van der Waals surface area (Å²) in [5.41, 5.74) is 3.96. The molecule has 1 aliphatic carbocycles. The van der Waals surface area contributed by atoms with Gasteiger partial charge in [0.15, 0.2) is 23.9 Å². The number of alkyl halides is 2. The van der Waals surface area contributed by atoms with Gasteiger partial charge in [0.2, 0.25) is 11.8 Å². The lowest BCUT2D eigenvalue weighted by Crippen LogP contribution is -2.22. The fraction of sp³-hybridized carbons (Fsp3) is 0.289. The highest BCUT2D eigenvalue weighted by Gasteiger charge is 2.46. The minimum atomic E-state index is -2.11. The molecule has 1 saturated heterocycles. The van der Waals surface area contributed by atoms with Crippen molar-refractivity contribution in [2.24, 2.45) is 0 Å². The monoisotopic (exact) mass is 726 g/mol. The van der Waals surface area contributed by atoms with Crippen LogP contribution in [-0.4, -0.2) is 50.8 Å². The first-order valence-electron chi connectivity index (χ1n) is 16.9. The molecule has 0 spiro atoms. The van der Waals surface area contributed by atoms with Gasteiger partial charge in [0.25, 0.3) is 5.91 Å². The number of pyridine rings is 2. The van der Waals surface area contributed by atoms with Gasteiger partial charge >= 0.3 is 0 Å². The highest BCUT2D eigenvalue weighted by molar-refractivity contribution is 7.23. The molecule has 2 aromatic carbocycles. The van der Waals surface area contributed by atoms with Crippen molar-refractivity contribution in [1.29, 1.82) is 0 Å². The first-order chi connectivity index (χ1) is 25.2. The van der Waals surface area contributed by atoms with E-state index in [9.17, 15) is 13.6 Å². The maximum absolute atomic E-state index is 15.7. The Hall–Kier alpha value is -5.37. The number of methoxy groups -OCH3 is 1. The molecule has 1 N–H and O–H groups in total. The van der Waals surface area contributed by atoms with Crippen molar-refractivity contribution < 1.29 is 31.5 Å². The van der Waals surface area contributed by atoms with Crippen molar-refractivity contribution >= 4 is 33.1 Å². The van der Waals surface area contributed by atoms with Crippen LogP contribution >= 0.6 is 11.3 Å². The van der Waals surface area contributed by atoms with Crippen molar-refractivity contribution in [2.45, 2.75) is 57.0 Å². The maximum atomic E-state index is 15.7. The molecular weight excluding hydrogens is 697 g/mol. The molecule has 6 heterocycles. The molecule has 52 heavy (non-hydrogen) atoms. The van der Waals surface area contributed by atoms with Gasteiger partial charge in [-0.25, -0.2) is 22.5 Å². The molecular formula is C38H30F4N6O3S. The number of amides is 1. The average molecular weight is 727 g/mol. The Bertz CT molecular complexity index is 2400. The van der Waals surface area contributed by atoms with Crippen molar-refractivity contribution in [3.63, 3.8) is 0 Å². The number of aryl methyl sites for hydroxylation is 3. The Morgan fingerprint density at radius 1 is 1.04 bits per heavy atom. The van der Waals surface area contributed by atoms with Crippen LogP contribution in [0.25, 0.3) is 32.0 Å². The largest absolute Gasteiger partial charge is 0.493 e. The van der Waals surface area contributed by atoms with E-state index in [0.29, 0.717) is 68.8 Å². The first kappa shape index (κ1) is 32.5. The Morgan fingerprint density at radius 3 is 2.63 bits per heavy atom. The summed E-state index contributed by atoms with van der Waals surface area (Å²) in [5.74, 6) is -0.701. The minimum absolute atomic E-state index is 0.130. The summed E-state index contributed by atoms with van der Waals surface area (Å²) in [7, 11) is 1.22. The van der Waals surface area contributed by atoms with Crippen molar-refractivity contribution in [3.8, 4) is 27.6 Å². The third kappa shape index (κ3) is 5.06. The number of anilines is 1. The number of fused-ring (bicyclic) bond motifs is 5. The summed E-state index contributed by atoms with van der Waals surface area (Å²) < 4.78 is 71.0. The lowest BCUT2D eigenvalue weighted by molar-refractivity contribution is 0.0776. The van der Waals surface area contributed by atoms with Crippen LogP contribution in [0.1, 0.15) is 75.4 Å². The summed E-state index contributed by atoms with van der Waals surface area (Å²) in [5, 5.41) is 12.3. The number of halogens is 4. The smallest absolute Gasteiger partial charge is 0.257 e. The van der Waals surface area contributed by atoms with Gasteiger partial charge in [0.05, 0.1) is 46.4 Å². The number of thiophene rings is 1. The van der Waals surface area contributed by atoms with Crippen LogP contribution in [0.5, 0.6) is 5.75 Å². The highest BCUT2D eigenvalue weighted by Crippen LogP contribution is 2.52. The van der Waals surface area contributed by atoms with Gasteiger partial charge in [-0.3, -0.25) is 9.78 Å². The van der Waals surface area contributed by atoms with Gasteiger partial charge in [-0.1, -0.05) is 18.2 Å². The molecule has 4 atom stereocenters. The Balaban J connectivity index is 1.20. The normalized spacial score (nSPS) is 20.4. The lowest BCUT2D eigenvalue weighted by Gasteiger charge is -2.18. The zero-order valence-corrected chi connectivity index (χ0v) is 28.7. The van der Waals surface area contributed by atoms with E-state index < -0.39 is 24.2 Å². The number of hydrogen-bond acceptors (Lipinski definition) is 9. The van der Waals surface area contributed by atoms with Crippen LogP contribution < -0.4 is 10.1 Å². The van der Waals surface area contributed by atoms with Gasteiger partial charge < -0.3 is 19.4 Å². The van der Waals surface area contributed by atoms with Crippen LogP contribution in [0.3, 0.4) is 0 Å². The second kappa shape index (κ2) is 12.4. The van der Waals surface area contributed by atoms with Crippen LogP contribution in [-0.2, 0) is 12.8 Å². The molecule has 0 saturated carbocycles. The number of nitrogens with zero attached hydrogens (tertiary/aromatic N) is 5. The topological polar surface area (TPSA) is 106 Å². The molecule has 6 aromatic rings. The summed E-state index contributed by atoms with van der Waals surface area (Å²) in [6, 6.07) is 11.2. The van der Waals surface area contributed by atoms with Crippen LogP contribution in [0.15, 0.2) is 59.1 Å². The SMILES string of the molecule is COc1c(F)ccc2c1[C@H](F)[C@H](F)[C@H]2Nc1nccc2cc(-c3c4c(nc(CCc5ccc(F)cc5)c3-c3nnc(C)o3)[C@@H]3CCCN3C4=O)sc12. The fourth-order valence-electron chi connectivity index (χ4n) is 7.87. The number of benzene rings is 2. The predicted molar refractivity (Wildman–Crippen MR) is 186 cm³/mol. The van der Waals surface area contributed by atoms with Gasteiger partial charge in [-0.2, -0.15) is 0 Å². The third-order valence-electron chi connectivity index (χ3n) is 10.2. The van der Waals surface area contributed by atoms with Gasteiger partial charge in [-0.15, -0.1) is 21.5 Å². The summed E-state index contributed by atoms with van der Waals surface area (Å²) in [6.45, 7) is 2.30. The van der Waals surface area contributed by atoms with E-state index in [1.807, 2.05) is 11.0 Å². The average Bonchev–Trinajstić information content (AvgIpc) is 3.97. The number of hydrogen-bond donors (Lipinski definition) is 1. The lowest BCUT2D eigenvalue weighted by atomic mass is 9.93. The number of aromatic nitrogens is 4. The predicted octanol–water partition coefficient (Wildman–Crippen LogP) is 8.59. The summed E-state index contributed by atoms with van der Waals surface area (Å²) in [4.78, 5) is 26.4. The Labute approximate surface area is 298 Å². The van der Waals surface area contributed by atoms with Gasteiger partial charge in [-0.05, 0) is 72.5 Å². The number of carbonyl (C=O) groups excluding carboxylic acids is 1. The standard InChI is InChI=1S/C38H30F4N6O3S/c1-17-46-47-37(51-17)27-23(12-7-18-5-8-20(39)9-6-18)44-33-24-4-3-15-48(24)38(49)29(33)28(27)25-16-19-13-14-43-36(35(19)52-25)45-32-21-10-11-22(40)34(50-2)26(21)30(41)31(32)42/h5-6,8-11,13-14,16,24,30-32H,3-4,7,12,15H2,1-2H3,(H,43,45)/t24-,30-,31-,32-/m0/s1. The number of carbonyl (C=O) groups is 1. The second-order valence-corrected chi connectivity index (χ2v) is 14.3. The molecule has 1 amide bonds. The van der Waals surface area contributed by atoms with E-state index in [-0.39, 0.29) is 40.5 Å². The number of rotatable bonds is 8. The van der Waals surface area contributed by atoms with E-state index >= 15 is 8.78 Å². The van der Waals surface area contributed by atoms with Crippen molar-refractivity contribution in [1.82, 2.24) is 25.1 Å². The van der Waals surface area contributed by atoms with E-state index in [1.54, 1.807) is 31.3 Å². The summed E-state index contributed by atoms with van der Waals surface area (Å²) >= 11 is 1.33. The minimum Gasteiger partial charge on any atom is -0.493 e. The number of nitrogens with one attached hydrogen (secondary N) is 1. The van der Waals surface area contributed by atoms with Gasteiger partial charge in [0.1, 0.15) is 11.6 Å². The van der Waals surface area contributed by atoms with E-state index in [0.717, 1.165) is 29.9 Å². The first-order valence-corrected chi connectivity index (χ1v) is 17.8. The van der Waals surface area contributed by atoms with E-state index in [2.05, 4.69) is 20.5 Å². The Kier molecular flexibility index (Phi) is 7.75. The second-order valence-electron chi connectivity index (χ2n) is 13.2. The van der Waals surface area contributed by atoms with Gasteiger partial charge in [0, 0.05) is 35.7 Å². The van der Waals surface area contributed by atoms with Crippen LogP contribution in [0.2, 0.25) is 0 Å². The van der Waals surface area contributed by atoms with Crippen molar-refractivity contribution in [3.05, 3.63) is 106 Å². The molecule has 4 aromatic heterocycles. The molecule has 9 rings (SSSR count). The summed E-state index contributed by atoms with van der Waals surface area (Å²) in [6.07, 6.45) is 0.0502. The molecule has 264 valence electrons. The van der Waals surface area contributed by atoms with Crippen molar-refractivity contribution in [2.75, 3.05) is 19.0 Å². The van der Waals surface area contributed by atoms with Crippen LogP contribution in [0.4, 0.5) is 23.4 Å². The molecule has 1 fully saturated rings. The molecule has 0 bridgehead atoms. The molecule has 9 nitrogen and oxygen atoms in total. The zero-order valence-electron chi connectivity index (χ0n) is 27.9. The van der Waals surface area contributed by atoms with Crippen LogP contribution in [0, 0.1) is 18.6 Å². The third-order valence-corrected chi connectivity index (χ3v) is 11.4.